The van der Waals surface area contributed by atoms with Gasteiger partial charge in [-0.3, -0.25) is 4.79 Å². The quantitative estimate of drug-likeness (QED) is 0.318. The number of benzene rings is 2. The van der Waals surface area contributed by atoms with Crippen LogP contribution < -0.4 is 14.8 Å². The molecule has 0 atom stereocenters. The van der Waals surface area contributed by atoms with Crippen molar-refractivity contribution >= 4 is 17.7 Å². The van der Waals surface area contributed by atoms with E-state index in [1.165, 1.54) is 17.3 Å². The first-order chi connectivity index (χ1) is 16.7. The Kier molecular flexibility index (Phi) is 8.41. The molecule has 1 saturated carbocycles. The van der Waals surface area contributed by atoms with E-state index in [1.807, 2.05) is 49.6 Å². The lowest BCUT2D eigenvalue weighted by Gasteiger charge is -2.29. The number of hydrogen-bond donors (Lipinski definition) is 1. The molecular formula is C27H31N3O3S. The van der Waals surface area contributed by atoms with Gasteiger partial charge in [-0.1, -0.05) is 72.4 Å². The Hall–Kier alpha value is -3.06. The van der Waals surface area contributed by atoms with E-state index < -0.39 is 0 Å². The maximum absolute atomic E-state index is 13.4. The van der Waals surface area contributed by atoms with Gasteiger partial charge in [0, 0.05) is 6.04 Å². The maximum atomic E-state index is 13.4. The van der Waals surface area contributed by atoms with Crippen molar-refractivity contribution in [1.29, 1.82) is 0 Å². The lowest BCUT2D eigenvalue weighted by molar-refractivity contribution is 0.0912. The van der Waals surface area contributed by atoms with Crippen LogP contribution in [0.2, 0.25) is 0 Å². The molecule has 0 bridgehead atoms. The van der Waals surface area contributed by atoms with Gasteiger partial charge in [0.05, 0.1) is 6.61 Å². The van der Waals surface area contributed by atoms with Crippen LogP contribution in [0, 0.1) is 0 Å². The number of aromatic nitrogens is 2. The van der Waals surface area contributed by atoms with E-state index in [0.29, 0.717) is 35.9 Å². The van der Waals surface area contributed by atoms with Gasteiger partial charge in [-0.25, -0.2) is 4.98 Å². The summed E-state index contributed by atoms with van der Waals surface area (Å²) in [6.07, 6.45) is 5.85. The Morgan fingerprint density at radius 1 is 0.971 bits per heavy atom. The zero-order valence-corrected chi connectivity index (χ0v) is 20.5. The number of rotatable bonds is 9. The monoisotopic (exact) mass is 477 g/mol. The summed E-state index contributed by atoms with van der Waals surface area (Å²) in [7, 11) is 0. The minimum atomic E-state index is -0.245. The highest BCUT2D eigenvalue weighted by Crippen LogP contribution is 2.34. The third-order valence-electron chi connectivity index (χ3n) is 6.05. The Morgan fingerprint density at radius 2 is 1.65 bits per heavy atom. The van der Waals surface area contributed by atoms with Crippen LogP contribution in [0.4, 0.5) is 0 Å². The van der Waals surface area contributed by atoms with Crippen molar-refractivity contribution in [2.75, 3.05) is 12.9 Å². The number of carbonyl (C=O) groups excluding carboxylic acids is 1. The van der Waals surface area contributed by atoms with Crippen LogP contribution in [-0.2, 0) is 6.61 Å². The van der Waals surface area contributed by atoms with Crippen LogP contribution >= 0.6 is 11.8 Å². The van der Waals surface area contributed by atoms with E-state index in [9.17, 15) is 4.79 Å². The minimum Gasteiger partial charge on any atom is -0.481 e. The van der Waals surface area contributed by atoms with Crippen LogP contribution in [0.5, 0.6) is 11.6 Å². The molecule has 1 aliphatic rings. The average molecular weight is 478 g/mol. The van der Waals surface area contributed by atoms with Crippen molar-refractivity contribution in [2.45, 2.75) is 56.3 Å². The normalized spacial score (nSPS) is 17.7. The van der Waals surface area contributed by atoms with Crippen molar-refractivity contribution in [1.82, 2.24) is 15.3 Å². The molecule has 0 radical (unpaired) electrons. The number of nitrogens with one attached hydrogen (secondary N) is 1. The molecule has 34 heavy (non-hydrogen) atoms. The van der Waals surface area contributed by atoms with Gasteiger partial charge in [-0.15, -0.1) is 0 Å². The van der Waals surface area contributed by atoms with Crippen LogP contribution in [0.1, 0.15) is 60.1 Å². The van der Waals surface area contributed by atoms with E-state index in [-0.39, 0.29) is 17.6 Å². The van der Waals surface area contributed by atoms with Crippen molar-refractivity contribution < 1.29 is 14.3 Å². The molecule has 1 fully saturated rings. The Morgan fingerprint density at radius 3 is 2.29 bits per heavy atom. The van der Waals surface area contributed by atoms with Crippen LogP contribution in [0.3, 0.4) is 0 Å². The van der Waals surface area contributed by atoms with E-state index in [0.717, 1.165) is 31.2 Å². The van der Waals surface area contributed by atoms with Gasteiger partial charge in [-0.2, -0.15) is 4.98 Å². The summed E-state index contributed by atoms with van der Waals surface area (Å²) in [5, 5.41) is 3.67. The summed E-state index contributed by atoms with van der Waals surface area (Å²) in [4.78, 5) is 22.3. The standard InChI is InChI=1S/C27H31N3O3S/c1-3-32-26-24(33-18-19-10-6-4-7-11-19)23(29-27(30-26)34-2)25(31)28-22-16-14-21(15-17-22)20-12-8-5-9-13-20/h4-13,21-22H,3,14-18H2,1-2H3,(H,28,31). The Balaban J connectivity index is 1.49. The molecule has 4 rings (SSSR count). The summed E-state index contributed by atoms with van der Waals surface area (Å²) in [5.41, 5.74) is 2.60. The van der Waals surface area contributed by atoms with Gasteiger partial charge in [0.2, 0.25) is 5.75 Å². The van der Waals surface area contributed by atoms with Gasteiger partial charge in [0.15, 0.2) is 10.9 Å². The topological polar surface area (TPSA) is 73.3 Å². The molecule has 0 unspecified atom stereocenters. The predicted molar refractivity (Wildman–Crippen MR) is 135 cm³/mol. The molecule has 0 aliphatic heterocycles. The molecule has 0 spiro atoms. The summed E-state index contributed by atoms with van der Waals surface area (Å²) < 4.78 is 11.8. The molecule has 2 aromatic carbocycles. The molecular weight excluding hydrogens is 446 g/mol. The molecule has 178 valence electrons. The number of hydrogen-bond acceptors (Lipinski definition) is 6. The van der Waals surface area contributed by atoms with Gasteiger partial charge in [0.25, 0.3) is 11.8 Å². The second kappa shape index (κ2) is 11.9. The zero-order valence-electron chi connectivity index (χ0n) is 19.7. The first-order valence-corrected chi connectivity index (χ1v) is 13.0. The highest BCUT2D eigenvalue weighted by molar-refractivity contribution is 7.98. The third kappa shape index (κ3) is 6.08. The summed E-state index contributed by atoms with van der Waals surface area (Å²) in [5.74, 6) is 0.894. The van der Waals surface area contributed by atoms with Crippen molar-refractivity contribution in [3.8, 4) is 11.6 Å². The fourth-order valence-corrected chi connectivity index (χ4v) is 4.66. The first kappa shape index (κ1) is 24.1. The van der Waals surface area contributed by atoms with Crippen LogP contribution in [-0.4, -0.2) is 34.8 Å². The van der Waals surface area contributed by atoms with Gasteiger partial charge in [0.1, 0.15) is 6.61 Å². The summed E-state index contributed by atoms with van der Waals surface area (Å²) in [6, 6.07) is 20.5. The van der Waals surface area contributed by atoms with Gasteiger partial charge >= 0.3 is 0 Å². The SMILES string of the molecule is CCOc1nc(SC)nc(C(=O)NC2CCC(c3ccccc3)CC2)c1OCc1ccccc1. The molecule has 7 heteroatoms. The Labute approximate surface area is 205 Å². The van der Waals surface area contributed by atoms with Gasteiger partial charge < -0.3 is 14.8 Å². The van der Waals surface area contributed by atoms with E-state index in [4.69, 9.17) is 9.47 Å². The summed E-state index contributed by atoms with van der Waals surface area (Å²) in [6.45, 7) is 2.59. The predicted octanol–water partition coefficient (Wildman–Crippen LogP) is 5.63. The maximum Gasteiger partial charge on any atom is 0.274 e. The Bertz CT molecular complexity index is 1070. The molecule has 6 nitrogen and oxygen atoms in total. The molecule has 1 aromatic heterocycles. The molecule has 1 N–H and O–H groups in total. The van der Waals surface area contributed by atoms with E-state index in [2.05, 4.69) is 39.6 Å². The van der Waals surface area contributed by atoms with Crippen molar-refractivity contribution in [3.05, 3.63) is 77.5 Å². The second-order valence-electron chi connectivity index (χ2n) is 8.33. The number of ether oxygens (including phenoxy) is 2. The van der Waals surface area contributed by atoms with Crippen LogP contribution in [0.25, 0.3) is 0 Å². The number of nitrogens with zero attached hydrogens (tertiary/aromatic N) is 2. The first-order valence-electron chi connectivity index (χ1n) is 11.8. The zero-order chi connectivity index (χ0) is 23.8. The highest BCUT2D eigenvalue weighted by atomic mass is 32.2. The number of thioether (sulfide) groups is 1. The third-order valence-corrected chi connectivity index (χ3v) is 6.60. The van der Waals surface area contributed by atoms with Gasteiger partial charge in [-0.05, 0) is 55.9 Å². The largest absolute Gasteiger partial charge is 0.481 e. The average Bonchev–Trinajstić information content (AvgIpc) is 2.89. The number of amides is 1. The van der Waals surface area contributed by atoms with Crippen molar-refractivity contribution in [2.24, 2.45) is 0 Å². The molecule has 1 amide bonds. The second-order valence-corrected chi connectivity index (χ2v) is 9.11. The molecule has 1 aliphatic carbocycles. The molecule has 3 aromatic rings. The highest BCUT2D eigenvalue weighted by Gasteiger charge is 2.28. The van der Waals surface area contributed by atoms with E-state index in [1.54, 1.807) is 0 Å². The molecule has 0 saturated heterocycles. The van der Waals surface area contributed by atoms with Crippen LogP contribution in [0.15, 0.2) is 65.8 Å². The number of carbonyl (C=O) groups is 1. The fraction of sp³-hybridized carbons (Fsp3) is 0.370. The van der Waals surface area contributed by atoms with Crippen molar-refractivity contribution in [3.63, 3.8) is 0 Å². The smallest absolute Gasteiger partial charge is 0.274 e. The molecule has 1 heterocycles. The lowest BCUT2D eigenvalue weighted by Crippen LogP contribution is -2.38. The fourth-order valence-electron chi connectivity index (χ4n) is 4.30. The summed E-state index contributed by atoms with van der Waals surface area (Å²) >= 11 is 1.37. The minimum absolute atomic E-state index is 0.109. The lowest BCUT2D eigenvalue weighted by atomic mass is 9.82. The van der Waals surface area contributed by atoms with E-state index >= 15 is 0 Å².